The molecule has 0 aliphatic heterocycles. The van der Waals surface area contributed by atoms with Crippen LogP contribution in [0.2, 0.25) is 0 Å². The van der Waals surface area contributed by atoms with Crippen LogP contribution in [0.15, 0.2) is 36.5 Å². The van der Waals surface area contributed by atoms with Crippen molar-refractivity contribution in [2.75, 3.05) is 5.32 Å². The summed E-state index contributed by atoms with van der Waals surface area (Å²) >= 11 is 0. The monoisotopic (exact) mass is 280 g/mol. The van der Waals surface area contributed by atoms with E-state index in [0.717, 1.165) is 17.5 Å². The number of aromatic nitrogens is 1. The highest BCUT2D eigenvalue weighted by Crippen LogP contribution is 2.22. The topological polar surface area (TPSA) is 42.0 Å². The molecule has 1 aliphatic rings. The van der Waals surface area contributed by atoms with Crippen LogP contribution in [0.25, 0.3) is 0 Å². The molecule has 0 bridgehead atoms. The van der Waals surface area contributed by atoms with Crippen LogP contribution in [0.5, 0.6) is 0 Å². The van der Waals surface area contributed by atoms with Crippen molar-refractivity contribution in [3.8, 4) is 0 Å². The molecule has 0 unspecified atom stereocenters. The number of carbonyl (C=O) groups is 1. The van der Waals surface area contributed by atoms with Crippen LogP contribution >= 0.6 is 0 Å². The fourth-order valence-corrected chi connectivity index (χ4v) is 2.87. The number of hydrogen-bond acceptors (Lipinski definition) is 2. The average molecular weight is 280 g/mol. The Labute approximate surface area is 125 Å². The molecular weight excluding hydrogens is 260 g/mol. The van der Waals surface area contributed by atoms with Gasteiger partial charge < -0.3 is 5.32 Å². The Morgan fingerprint density at radius 2 is 1.95 bits per heavy atom. The van der Waals surface area contributed by atoms with Crippen molar-refractivity contribution in [3.05, 3.63) is 58.8 Å². The predicted molar refractivity (Wildman–Crippen MR) is 84.4 cm³/mol. The maximum Gasteiger partial charge on any atom is 0.229 e. The van der Waals surface area contributed by atoms with Gasteiger partial charge in [0.2, 0.25) is 5.91 Å². The van der Waals surface area contributed by atoms with Gasteiger partial charge in [-0.2, -0.15) is 0 Å². The highest BCUT2D eigenvalue weighted by Gasteiger charge is 2.11. The summed E-state index contributed by atoms with van der Waals surface area (Å²) in [5.74, 6) is 0.613. The molecule has 0 saturated heterocycles. The van der Waals surface area contributed by atoms with Crippen molar-refractivity contribution in [1.29, 1.82) is 0 Å². The van der Waals surface area contributed by atoms with Crippen LogP contribution in [-0.4, -0.2) is 10.9 Å². The Bertz CT molecular complexity index is 664. The molecule has 3 nitrogen and oxygen atoms in total. The second kappa shape index (κ2) is 6.08. The zero-order valence-electron chi connectivity index (χ0n) is 12.4. The molecule has 1 aromatic carbocycles. The van der Waals surface area contributed by atoms with Crippen molar-refractivity contribution >= 4 is 11.7 Å². The van der Waals surface area contributed by atoms with E-state index >= 15 is 0 Å². The van der Waals surface area contributed by atoms with E-state index in [9.17, 15) is 4.79 Å². The quantitative estimate of drug-likeness (QED) is 0.935. The van der Waals surface area contributed by atoms with Gasteiger partial charge in [-0.15, -0.1) is 0 Å². The van der Waals surface area contributed by atoms with E-state index < -0.39 is 0 Å². The summed E-state index contributed by atoms with van der Waals surface area (Å²) in [6.45, 7) is 1.99. The van der Waals surface area contributed by atoms with Crippen LogP contribution in [0, 0.1) is 6.92 Å². The molecule has 108 valence electrons. The Hall–Kier alpha value is -2.16. The van der Waals surface area contributed by atoms with Gasteiger partial charge in [0, 0.05) is 6.20 Å². The van der Waals surface area contributed by atoms with Crippen LogP contribution < -0.4 is 5.32 Å². The number of benzene rings is 1. The fourth-order valence-electron chi connectivity index (χ4n) is 2.87. The molecule has 21 heavy (non-hydrogen) atoms. The number of amides is 1. The Kier molecular flexibility index (Phi) is 4.00. The van der Waals surface area contributed by atoms with Crippen molar-refractivity contribution < 1.29 is 4.79 Å². The summed E-state index contributed by atoms with van der Waals surface area (Å²) in [4.78, 5) is 16.3. The number of rotatable bonds is 3. The molecule has 0 spiro atoms. The van der Waals surface area contributed by atoms with E-state index in [1.165, 1.54) is 30.4 Å². The first-order valence-corrected chi connectivity index (χ1v) is 7.54. The first-order valence-electron chi connectivity index (χ1n) is 7.54. The van der Waals surface area contributed by atoms with E-state index in [4.69, 9.17) is 0 Å². The van der Waals surface area contributed by atoms with E-state index in [2.05, 4.69) is 28.5 Å². The number of carbonyl (C=O) groups excluding carboxylic acids is 1. The summed E-state index contributed by atoms with van der Waals surface area (Å²) in [5, 5.41) is 2.86. The second-order valence-electron chi connectivity index (χ2n) is 5.75. The van der Waals surface area contributed by atoms with Crippen LogP contribution in [0.3, 0.4) is 0 Å². The lowest BCUT2D eigenvalue weighted by molar-refractivity contribution is -0.115. The summed E-state index contributed by atoms with van der Waals surface area (Å²) in [6, 6.07) is 10.2. The van der Waals surface area contributed by atoms with Crippen LogP contribution in [-0.2, 0) is 24.1 Å². The summed E-state index contributed by atoms with van der Waals surface area (Å²) in [5.41, 5.74) is 5.04. The molecule has 0 fully saturated rings. The Balaban J connectivity index is 1.67. The SMILES string of the molecule is Cc1ccnc(NC(=O)Cc2ccc3c(c2)CCCC3)c1. The van der Waals surface area contributed by atoms with Gasteiger partial charge in [-0.3, -0.25) is 4.79 Å². The van der Waals surface area contributed by atoms with Crippen LogP contribution in [0.4, 0.5) is 5.82 Å². The highest BCUT2D eigenvalue weighted by atomic mass is 16.1. The molecule has 1 aliphatic carbocycles. The predicted octanol–water partition coefficient (Wildman–Crippen LogP) is 3.45. The van der Waals surface area contributed by atoms with E-state index in [1.54, 1.807) is 6.20 Å². The minimum atomic E-state index is -0.0103. The number of hydrogen-bond donors (Lipinski definition) is 1. The van der Waals surface area contributed by atoms with Gasteiger partial charge in [-0.1, -0.05) is 18.2 Å². The van der Waals surface area contributed by atoms with Crippen molar-refractivity contribution in [3.63, 3.8) is 0 Å². The molecule has 1 heterocycles. The smallest absolute Gasteiger partial charge is 0.229 e. The number of anilines is 1. The lowest BCUT2D eigenvalue weighted by atomic mass is 9.90. The first kappa shape index (κ1) is 13.8. The molecule has 0 saturated carbocycles. The molecular formula is C18H20N2O. The fraction of sp³-hybridized carbons (Fsp3) is 0.333. The standard InChI is InChI=1S/C18H20N2O/c1-13-8-9-19-17(10-13)20-18(21)12-14-6-7-15-4-2-3-5-16(15)11-14/h6-11H,2-5,12H2,1H3,(H,19,20,21). The van der Waals surface area contributed by atoms with Gasteiger partial charge in [0.05, 0.1) is 6.42 Å². The lowest BCUT2D eigenvalue weighted by Crippen LogP contribution is -2.16. The minimum absolute atomic E-state index is 0.0103. The second-order valence-corrected chi connectivity index (χ2v) is 5.75. The third-order valence-electron chi connectivity index (χ3n) is 3.96. The molecule has 1 N–H and O–H groups in total. The largest absolute Gasteiger partial charge is 0.310 e. The third kappa shape index (κ3) is 3.48. The molecule has 1 aromatic heterocycles. The van der Waals surface area contributed by atoms with Gasteiger partial charge in [0.25, 0.3) is 0 Å². The molecule has 0 radical (unpaired) electrons. The maximum absolute atomic E-state index is 12.1. The molecule has 3 rings (SSSR count). The number of pyridine rings is 1. The van der Waals surface area contributed by atoms with Crippen molar-refractivity contribution in [1.82, 2.24) is 4.98 Å². The Morgan fingerprint density at radius 3 is 2.76 bits per heavy atom. The first-order chi connectivity index (χ1) is 10.2. The van der Waals surface area contributed by atoms with E-state index in [0.29, 0.717) is 12.2 Å². The van der Waals surface area contributed by atoms with Crippen LogP contribution in [0.1, 0.15) is 35.1 Å². The Morgan fingerprint density at radius 1 is 1.14 bits per heavy atom. The summed E-state index contributed by atoms with van der Waals surface area (Å²) in [6.07, 6.45) is 6.98. The number of nitrogens with one attached hydrogen (secondary N) is 1. The molecule has 1 amide bonds. The van der Waals surface area contributed by atoms with Gasteiger partial charge in [0.15, 0.2) is 0 Å². The average Bonchev–Trinajstić information content (AvgIpc) is 2.47. The maximum atomic E-state index is 12.1. The van der Waals surface area contributed by atoms with E-state index in [1.807, 2.05) is 19.1 Å². The van der Waals surface area contributed by atoms with Gasteiger partial charge >= 0.3 is 0 Å². The van der Waals surface area contributed by atoms with Crippen molar-refractivity contribution in [2.24, 2.45) is 0 Å². The zero-order chi connectivity index (χ0) is 14.7. The summed E-state index contributed by atoms with van der Waals surface area (Å²) in [7, 11) is 0. The lowest BCUT2D eigenvalue weighted by Gasteiger charge is -2.16. The highest BCUT2D eigenvalue weighted by molar-refractivity contribution is 5.91. The third-order valence-corrected chi connectivity index (χ3v) is 3.96. The number of fused-ring (bicyclic) bond motifs is 1. The van der Waals surface area contributed by atoms with Gasteiger partial charge in [-0.25, -0.2) is 4.98 Å². The number of nitrogens with zero attached hydrogens (tertiary/aromatic N) is 1. The molecule has 0 atom stereocenters. The number of aryl methyl sites for hydroxylation is 3. The van der Waals surface area contributed by atoms with Crippen molar-refractivity contribution in [2.45, 2.75) is 39.0 Å². The molecule has 3 heteroatoms. The summed E-state index contributed by atoms with van der Waals surface area (Å²) < 4.78 is 0. The zero-order valence-corrected chi connectivity index (χ0v) is 12.4. The minimum Gasteiger partial charge on any atom is -0.310 e. The van der Waals surface area contributed by atoms with Gasteiger partial charge in [0.1, 0.15) is 5.82 Å². The normalized spacial score (nSPS) is 13.6. The van der Waals surface area contributed by atoms with Gasteiger partial charge in [-0.05, 0) is 67.0 Å². The van der Waals surface area contributed by atoms with E-state index in [-0.39, 0.29) is 5.91 Å². The molecule has 2 aromatic rings.